The molecule has 0 aromatic carbocycles. The van der Waals surface area contributed by atoms with Crippen molar-refractivity contribution in [3.63, 3.8) is 0 Å². The average molecular weight is 454 g/mol. The fourth-order valence-corrected chi connectivity index (χ4v) is 4.53. The Bertz CT molecular complexity index is 1140. The van der Waals surface area contributed by atoms with Gasteiger partial charge in [0.15, 0.2) is 0 Å². The van der Waals surface area contributed by atoms with Crippen molar-refractivity contribution in [1.82, 2.24) is 14.5 Å². The second-order valence-electron chi connectivity index (χ2n) is 8.91. The Kier molecular flexibility index (Phi) is 6.75. The van der Waals surface area contributed by atoms with Gasteiger partial charge in [-0.2, -0.15) is 0 Å². The molecule has 0 aliphatic carbocycles. The van der Waals surface area contributed by atoms with Gasteiger partial charge in [-0.05, 0) is 42.9 Å². The molecule has 3 aromatic rings. The summed E-state index contributed by atoms with van der Waals surface area (Å²) < 4.78 is 24.9. The van der Waals surface area contributed by atoms with E-state index in [4.69, 9.17) is 18.6 Å². The summed E-state index contributed by atoms with van der Waals surface area (Å²) in [7, 11) is 1.77. The minimum atomic E-state index is -0.0620. The van der Waals surface area contributed by atoms with Crippen LogP contribution in [0.3, 0.4) is 0 Å². The summed E-state index contributed by atoms with van der Waals surface area (Å²) in [5.41, 5.74) is 2.32. The monoisotopic (exact) mass is 453 g/mol. The smallest absolute Gasteiger partial charge is 0.261 e. The van der Waals surface area contributed by atoms with Crippen molar-refractivity contribution >= 4 is 11.0 Å². The van der Waals surface area contributed by atoms with Crippen molar-refractivity contribution in [2.45, 2.75) is 25.8 Å². The third kappa shape index (κ3) is 5.13. The van der Waals surface area contributed by atoms with Gasteiger partial charge in [0.25, 0.3) is 5.56 Å². The Morgan fingerprint density at radius 2 is 1.97 bits per heavy atom. The fraction of sp³-hybridized carbons (Fsp3) is 0.520. The molecule has 33 heavy (non-hydrogen) atoms. The summed E-state index contributed by atoms with van der Waals surface area (Å²) in [5, 5.41) is 0.595. The van der Waals surface area contributed by atoms with Gasteiger partial charge in [-0.1, -0.05) is 0 Å². The zero-order chi connectivity index (χ0) is 22.6. The van der Waals surface area contributed by atoms with E-state index in [0.717, 1.165) is 75.7 Å². The van der Waals surface area contributed by atoms with Crippen LogP contribution in [0.2, 0.25) is 0 Å². The quantitative estimate of drug-likeness (QED) is 0.567. The SMILES string of the molecule is Cn1cc(-c2ccnc(OCC3CCOCC3)c2)c2oc(CN3CCCOCC3)cc2c1=O. The molecule has 0 radical (unpaired) electrons. The second kappa shape index (κ2) is 10.1. The molecule has 0 amide bonds. The molecule has 5 rings (SSSR count). The number of pyridine rings is 2. The van der Waals surface area contributed by atoms with Crippen molar-refractivity contribution in [3.05, 3.63) is 46.7 Å². The van der Waals surface area contributed by atoms with Crippen molar-refractivity contribution in [2.24, 2.45) is 13.0 Å². The largest absolute Gasteiger partial charge is 0.477 e. The molecule has 176 valence electrons. The topological polar surface area (TPSA) is 79.0 Å². The summed E-state index contributed by atoms with van der Waals surface area (Å²) in [4.78, 5) is 19.5. The molecule has 2 aliphatic heterocycles. The zero-order valence-corrected chi connectivity index (χ0v) is 19.1. The molecular weight excluding hydrogens is 422 g/mol. The molecule has 8 heteroatoms. The molecule has 0 spiro atoms. The summed E-state index contributed by atoms with van der Waals surface area (Å²) >= 11 is 0. The van der Waals surface area contributed by atoms with Crippen LogP contribution in [0.5, 0.6) is 5.88 Å². The average Bonchev–Trinajstić information content (AvgIpc) is 3.09. The predicted molar refractivity (Wildman–Crippen MR) is 124 cm³/mol. The maximum atomic E-state index is 12.8. The van der Waals surface area contributed by atoms with Crippen molar-refractivity contribution < 1.29 is 18.6 Å². The van der Waals surface area contributed by atoms with Crippen LogP contribution in [-0.4, -0.2) is 60.6 Å². The van der Waals surface area contributed by atoms with Gasteiger partial charge in [0.05, 0.1) is 25.1 Å². The first-order valence-corrected chi connectivity index (χ1v) is 11.8. The third-order valence-electron chi connectivity index (χ3n) is 6.45. The Hall–Kier alpha value is -2.68. The molecule has 3 aromatic heterocycles. The minimum absolute atomic E-state index is 0.0620. The maximum Gasteiger partial charge on any atom is 0.261 e. The van der Waals surface area contributed by atoms with Crippen molar-refractivity contribution in [3.8, 4) is 17.0 Å². The lowest BCUT2D eigenvalue weighted by Gasteiger charge is -2.21. The third-order valence-corrected chi connectivity index (χ3v) is 6.45. The molecule has 2 fully saturated rings. The molecular formula is C25H31N3O5. The van der Waals surface area contributed by atoms with E-state index in [1.54, 1.807) is 17.8 Å². The standard InChI is InChI=1S/C25H31N3O5/c1-27-16-22(19-3-6-26-23(13-19)32-17-18-4-10-31-11-5-18)24-21(25(27)29)14-20(33-24)15-28-7-2-9-30-12-8-28/h3,6,13-14,16,18H,2,4-5,7-12,15,17H2,1H3. The normalized spacial score (nSPS) is 18.5. The van der Waals surface area contributed by atoms with Gasteiger partial charge >= 0.3 is 0 Å². The molecule has 0 saturated carbocycles. The lowest BCUT2D eigenvalue weighted by atomic mass is 10.0. The van der Waals surface area contributed by atoms with Gasteiger partial charge in [0, 0.05) is 64.0 Å². The highest BCUT2D eigenvalue weighted by atomic mass is 16.5. The van der Waals surface area contributed by atoms with E-state index in [1.165, 1.54) is 0 Å². The van der Waals surface area contributed by atoms with E-state index in [9.17, 15) is 4.79 Å². The lowest BCUT2D eigenvalue weighted by Crippen LogP contribution is -2.25. The minimum Gasteiger partial charge on any atom is -0.477 e. The second-order valence-corrected chi connectivity index (χ2v) is 8.91. The van der Waals surface area contributed by atoms with E-state index < -0.39 is 0 Å². The van der Waals surface area contributed by atoms with Gasteiger partial charge in [-0.25, -0.2) is 4.98 Å². The number of hydrogen-bond donors (Lipinski definition) is 0. The van der Waals surface area contributed by atoms with E-state index in [-0.39, 0.29) is 5.56 Å². The molecule has 0 bridgehead atoms. The van der Waals surface area contributed by atoms with Crippen LogP contribution in [0.1, 0.15) is 25.0 Å². The molecule has 5 heterocycles. The van der Waals surface area contributed by atoms with Crippen LogP contribution in [-0.2, 0) is 23.1 Å². The highest BCUT2D eigenvalue weighted by molar-refractivity contribution is 5.92. The summed E-state index contributed by atoms with van der Waals surface area (Å²) in [5.74, 6) is 1.87. The highest BCUT2D eigenvalue weighted by Crippen LogP contribution is 2.31. The van der Waals surface area contributed by atoms with Crippen LogP contribution in [0.25, 0.3) is 22.1 Å². The number of rotatable bonds is 6. The van der Waals surface area contributed by atoms with Crippen LogP contribution < -0.4 is 10.3 Å². The summed E-state index contributed by atoms with van der Waals surface area (Å²) in [6, 6.07) is 5.73. The van der Waals surface area contributed by atoms with Gasteiger partial charge in [0.1, 0.15) is 11.3 Å². The maximum absolute atomic E-state index is 12.8. The Morgan fingerprint density at radius 1 is 1.12 bits per heavy atom. The number of aryl methyl sites for hydroxylation is 1. The molecule has 2 aliphatic rings. The number of ether oxygens (including phenoxy) is 3. The molecule has 2 saturated heterocycles. The lowest BCUT2D eigenvalue weighted by molar-refractivity contribution is 0.0490. The van der Waals surface area contributed by atoms with E-state index in [1.807, 2.05) is 24.4 Å². The van der Waals surface area contributed by atoms with Crippen LogP contribution in [0.4, 0.5) is 0 Å². The molecule has 0 atom stereocenters. The number of aromatic nitrogens is 2. The fourth-order valence-electron chi connectivity index (χ4n) is 4.53. The first kappa shape index (κ1) is 22.1. The predicted octanol–water partition coefficient (Wildman–Crippen LogP) is 3.22. The Balaban J connectivity index is 1.41. The van der Waals surface area contributed by atoms with Crippen LogP contribution in [0.15, 0.2) is 39.8 Å². The summed E-state index contributed by atoms with van der Waals surface area (Å²) in [6.07, 6.45) is 6.60. The number of fused-ring (bicyclic) bond motifs is 1. The molecule has 0 unspecified atom stereocenters. The summed E-state index contributed by atoms with van der Waals surface area (Å²) in [6.45, 7) is 6.22. The Labute approximate surface area is 193 Å². The van der Waals surface area contributed by atoms with Crippen LogP contribution >= 0.6 is 0 Å². The zero-order valence-electron chi connectivity index (χ0n) is 19.1. The molecule has 8 nitrogen and oxygen atoms in total. The number of hydrogen-bond acceptors (Lipinski definition) is 7. The van der Waals surface area contributed by atoms with Crippen molar-refractivity contribution in [1.29, 1.82) is 0 Å². The van der Waals surface area contributed by atoms with E-state index >= 15 is 0 Å². The van der Waals surface area contributed by atoms with Gasteiger partial charge < -0.3 is 23.2 Å². The van der Waals surface area contributed by atoms with E-state index in [2.05, 4.69) is 9.88 Å². The van der Waals surface area contributed by atoms with Gasteiger partial charge in [-0.15, -0.1) is 0 Å². The van der Waals surface area contributed by atoms with Gasteiger partial charge in [-0.3, -0.25) is 9.69 Å². The van der Waals surface area contributed by atoms with Crippen molar-refractivity contribution in [2.75, 3.05) is 46.1 Å². The Morgan fingerprint density at radius 3 is 2.85 bits per heavy atom. The first-order chi connectivity index (χ1) is 16.2. The number of furan rings is 1. The number of nitrogens with zero attached hydrogens (tertiary/aromatic N) is 3. The van der Waals surface area contributed by atoms with Gasteiger partial charge in [0.2, 0.25) is 5.88 Å². The molecule has 0 N–H and O–H groups in total. The van der Waals surface area contributed by atoms with E-state index in [0.29, 0.717) is 35.9 Å². The van der Waals surface area contributed by atoms with Crippen LogP contribution in [0, 0.1) is 5.92 Å². The highest BCUT2D eigenvalue weighted by Gasteiger charge is 2.19. The first-order valence-electron chi connectivity index (χ1n) is 11.8.